The molecule has 1 amide bonds. The fraction of sp³-hybridized carbons (Fsp3) is 0.467. The van der Waals surface area contributed by atoms with Gasteiger partial charge in [0.25, 0.3) is 0 Å². The molecule has 114 valence electrons. The number of amides is 1. The number of ether oxygens (including phenoxy) is 1. The van der Waals surface area contributed by atoms with Crippen LogP contribution in [0.15, 0.2) is 30.9 Å². The zero-order valence-electron chi connectivity index (χ0n) is 12.1. The summed E-state index contributed by atoms with van der Waals surface area (Å²) in [7, 11) is 0. The highest BCUT2D eigenvalue weighted by Gasteiger charge is 2.41. The van der Waals surface area contributed by atoms with Crippen molar-refractivity contribution < 1.29 is 9.53 Å². The minimum atomic E-state index is -0.0462. The van der Waals surface area contributed by atoms with Crippen molar-refractivity contribution in [3.8, 4) is 5.82 Å². The maximum absolute atomic E-state index is 12.3. The lowest BCUT2D eigenvalue weighted by Crippen LogP contribution is -2.24. The summed E-state index contributed by atoms with van der Waals surface area (Å²) in [5.41, 5.74) is 0. The second kappa shape index (κ2) is 5.49. The first-order chi connectivity index (χ1) is 10.8. The fourth-order valence-corrected chi connectivity index (χ4v) is 3.36. The van der Waals surface area contributed by atoms with E-state index in [1.165, 1.54) is 0 Å². The summed E-state index contributed by atoms with van der Waals surface area (Å²) in [5, 5.41) is 6.99. The molecule has 0 radical (unpaired) electrons. The molecule has 7 heteroatoms. The molecule has 1 N–H and O–H groups in total. The third-order valence-electron chi connectivity index (χ3n) is 4.34. The SMILES string of the molecule is O=C(CC1CC2CCC1O2)Nc1nccnc1-n1cccn1. The van der Waals surface area contributed by atoms with Crippen molar-refractivity contribution in [2.45, 2.75) is 37.9 Å². The van der Waals surface area contributed by atoms with Gasteiger partial charge in [-0.25, -0.2) is 14.6 Å². The van der Waals surface area contributed by atoms with Crippen LogP contribution < -0.4 is 5.32 Å². The Labute approximate surface area is 127 Å². The first kappa shape index (κ1) is 13.4. The molecule has 4 rings (SSSR count). The normalized spacial score (nSPS) is 26.3. The van der Waals surface area contributed by atoms with Gasteiger partial charge in [0, 0.05) is 31.2 Å². The van der Waals surface area contributed by atoms with Crippen molar-refractivity contribution in [3.05, 3.63) is 30.9 Å². The number of fused-ring (bicyclic) bond motifs is 2. The largest absolute Gasteiger partial charge is 0.375 e. The summed E-state index contributed by atoms with van der Waals surface area (Å²) < 4.78 is 7.38. The van der Waals surface area contributed by atoms with Crippen LogP contribution in [-0.2, 0) is 9.53 Å². The number of nitrogens with one attached hydrogen (secondary N) is 1. The average Bonchev–Trinajstić information content (AvgIpc) is 3.25. The number of hydrogen-bond acceptors (Lipinski definition) is 5. The van der Waals surface area contributed by atoms with Crippen molar-refractivity contribution >= 4 is 11.7 Å². The molecule has 2 bridgehead atoms. The topological polar surface area (TPSA) is 81.9 Å². The third-order valence-corrected chi connectivity index (χ3v) is 4.34. The highest BCUT2D eigenvalue weighted by atomic mass is 16.5. The third kappa shape index (κ3) is 2.48. The molecular weight excluding hydrogens is 282 g/mol. The van der Waals surface area contributed by atoms with E-state index >= 15 is 0 Å². The molecule has 3 unspecified atom stereocenters. The van der Waals surface area contributed by atoms with E-state index in [0.717, 1.165) is 19.3 Å². The Hall–Kier alpha value is -2.28. The molecule has 22 heavy (non-hydrogen) atoms. The van der Waals surface area contributed by atoms with Gasteiger partial charge in [-0.2, -0.15) is 5.10 Å². The molecule has 7 nitrogen and oxygen atoms in total. The maximum atomic E-state index is 12.3. The molecule has 0 saturated carbocycles. The summed E-state index contributed by atoms with van der Waals surface area (Å²) in [6.07, 6.45) is 10.8. The number of nitrogens with zero attached hydrogens (tertiary/aromatic N) is 4. The number of hydrogen-bond donors (Lipinski definition) is 1. The minimum Gasteiger partial charge on any atom is -0.375 e. The monoisotopic (exact) mass is 299 g/mol. The number of carbonyl (C=O) groups is 1. The highest BCUT2D eigenvalue weighted by molar-refractivity contribution is 5.91. The molecule has 4 heterocycles. The van der Waals surface area contributed by atoms with E-state index in [0.29, 0.717) is 30.1 Å². The zero-order valence-corrected chi connectivity index (χ0v) is 12.1. The first-order valence-corrected chi connectivity index (χ1v) is 7.56. The van der Waals surface area contributed by atoms with E-state index in [9.17, 15) is 4.79 Å². The van der Waals surface area contributed by atoms with Crippen molar-refractivity contribution in [1.29, 1.82) is 0 Å². The minimum absolute atomic E-state index is 0.0462. The molecule has 2 aliphatic rings. The molecule has 2 aromatic rings. The number of carbonyl (C=O) groups excluding carboxylic acids is 1. The van der Waals surface area contributed by atoms with Crippen LogP contribution in [-0.4, -0.2) is 37.9 Å². The number of aromatic nitrogens is 4. The van der Waals surface area contributed by atoms with Gasteiger partial charge in [0.2, 0.25) is 5.91 Å². The molecule has 2 aromatic heterocycles. The zero-order chi connectivity index (χ0) is 14.9. The molecule has 3 atom stereocenters. The standard InChI is InChI=1S/C15H17N5O2/c21-13(9-10-8-11-2-3-12(10)22-11)19-14-15(17-6-5-16-14)20-7-1-4-18-20/h1,4-7,10-12H,2-3,8-9H2,(H,16,19,21). The molecule has 2 saturated heterocycles. The summed E-state index contributed by atoms with van der Waals surface area (Å²) in [5.74, 6) is 1.23. The van der Waals surface area contributed by atoms with E-state index in [-0.39, 0.29) is 12.0 Å². The molecular formula is C15H17N5O2. The van der Waals surface area contributed by atoms with Gasteiger partial charge < -0.3 is 10.1 Å². The van der Waals surface area contributed by atoms with Crippen molar-refractivity contribution in [2.75, 3.05) is 5.32 Å². The van der Waals surface area contributed by atoms with E-state index in [2.05, 4.69) is 20.4 Å². The van der Waals surface area contributed by atoms with Crippen molar-refractivity contribution in [1.82, 2.24) is 19.7 Å². The number of rotatable bonds is 4. The summed E-state index contributed by atoms with van der Waals surface area (Å²) in [6, 6.07) is 1.80. The lowest BCUT2D eigenvalue weighted by atomic mass is 9.87. The molecule has 2 fully saturated rings. The van der Waals surface area contributed by atoms with Crippen LogP contribution in [0.1, 0.15) is 25.7 Å². The average molecular weight is 299 g/mol. The summed E-state index contributed by atoms with van der Waals surface area (Å²) in [4.78, 5) is 20.8. The van der Waals surface area contributed by atoms with Crippen LogP contribution in [0.25, 0.3) is 5.82 Å². The van der Waals surface area contributed by atoms with E-state index < -0.39 is 0 Å². The van der Waals surface area contributed by atoms with Crippen molar-refractivity contribution in [2.24, 2.45) is 5.92 Å². The Bertz CT molecular complexity index is 672. The smallest absolute Gasteiger partial charge is 0.226 e. The predicted octanol–water partition coefficient (Wildman–Crippen LogP) is 1.56. The van der Waals surface area contributed by atoms with E-state index in [4.69, 9.17) is 4.74 Å². The van der Waals surface area contributed by atoms with Crippen molar-refractivity contribution in [3.63, 3.8) is 0 Å². The fourth-order valence-electron chi connectivity index (χ4n) is 3.36. The second-order valence-corrected chi connectivity index (χ2v) is 5.80. The Balaban J connectivity index is 1.46. The molecule has 0 spiro atoms. The Kier molecular flexibility index (Phi) is 3.34. The van der Waals surface area contributed by atoms with Gasteiger partial charge in [-0.15, -0.1) is 0 Å². The summed E-state index contributed by atoms with van der Waals surface area (Å²) >= 11 is 0. The predicted molar refractivity (Wildman–Crippen MR) is 78.4 cm³/mol. The second-order valence-electron chi connectivity index (χ2n) is 5.80. The quantitative estimate of drug-likeness (QED) is 0.926. The Morgan fingerprint density at radius 2 is 2.23 bits per heavy atom. The molecule has 2 aliphatic heterocycles. The maximum Gasteiger partial charge on any atom is 0.226 e. The van der Waals surface area contributed by atoms with Gasteiger partial charge in [0.15, 0.2) is 11.6 Å². The Morgan fingerprint density at radius 1 is 1.32 bits per heavy atom. The molecule has 0 aliphatic carbocycles. The van der Waals surface area contributed by atoms with Gasteiger partial charge >= 0.3 is 0 Å². The van der Waals surface area contributed by atoms with Gasteiger partial charge in [0.05, 0.1) is 12.2 Å². The van der Waals surface area contributed by atoms with Gasteiger partial charge in [-0.05, 0) is 31.2 Å². The molecule has 0 aromatic carbocycles. The van der Waals surface area contributed by atoms with Crippen LogP contribution in [0, 0.1) is 5.92 Å². The van der Waals surface area contributed by atoms with Gasteiger partial charge in [-0.3, -0.25) is 4.79 Å². The van der Waals surface area contributed by atoms with Gasteiger partial charge in [0.1, 0.15) is 0 Å². The Morgan fingerprint density at radius 3 is 2.95 bits per heavy atom. The van der Waals surface area contributed by atoms with Crippen LogP contribution in [0.2, 0.25) is 0 Å². The number of anilines is 1. The first-order valence-electron chi connectivity index (χ1n) is 7.56. The van der Waals surface area contributed by atoms with E-state index in [1.54, 1.807) is 35.5 Å². The highest BCUT2D eigenvalue weighted by Crippen LogP contribution is 2.40. The van der Waals surface area contributed by atoms with E-state index in [1.807, 2.05) is 0 Å². The van der Waals surface area contributed by atoms with Crippen LogP contribution in [0.3, 0.4) is 0 Å². The van der Waals surface area contributed by atoms with Crippen LogP contribution in [0.4, 0.5) is 5.82 Å². The van der Waals surface area contributed by atoms with Crippen LogP contribution in [0.5, 0.6) is 0 Å². The van der Waals surface area contributed by atoms with Gasteiger partial charge in [-0.1, -0.05) is 0 Å². The summed E-state index contributed by atoms with van der Waals surface area (Å²) in [6.45, 7) is 0. The lowest BCUT2D eigenvalue weighted by Gasteiger charge is -2.18. The van der Waals surface area contributed by atoms with Crippen LogP contribution >= 0.6 is 0 Å². The lowest BCUT2D eigenvalue weighted by molar-refractivity contribution is -0.117.